The normalized spacial score (nSPS) is 10.3. The van der Waals surface area contributed by atoms with Gasteiger partial charge in [-0.05, 0) is 25.1 Å². The van der Waals surface area contributed by atoms with Crippen LogP contribution in [0.3, 0.4) is 0 Å². The third kappa shape index (κ3) is 3.35. The van der Waals surface area contributed by atoms with Crippen LogP contribution in [0.2, 0.25) is 0 Å². The van der Waals surface area contributed by atoms with Gasteiger partial charge in [0.25, 0.3) is 5.78 Å². The molecule has 0 bridgehead atoms. The molecule has 0 aromatic heterocycles. The predicted octanol–water partition coefficient (Wildman–Crippen LogP) is 1.76. The first-order valence-corrected chi connectivity index (χ1v) is 5.35. The quantitative estimate of drug-likeness (QED) is 0.615. The van der Waals surface area contributed by atoms with E-state index in [0.29, 0.717) is 23.7 Å². The zero-order chi connectivity index (χ0) is 13.5. The molecule has 18 heavy (non-hydrogen) atoms. The van der Waals surface area contributed by atoms with Crippen molar-refractivity contribution in [1.82, 2.24) is 0 Å². The standard InChI is InChI=1S/C13H14O5/c1-3-18-11-6-4-5-9(12(11)17-2)7-8-10(14)13(15)16/h4-8H,3H2,1-2H3,(H,15,16)/b8-7+. The van der Waals surface area contributed by atoms with Crippen molar-refractivity contribution in [3.8, 4) is 11.5 Å². The topological polar surface area (TPSA) is 72.8 Å². The average molecular weight is 250 g/mol. The van der Waals surface area contributed by atoms with E-state index in [9.17, 15) is 9.59 Å². The second-order valence-electron chi connectivity index (χ2n) is 3.31. The number of ketones is 1. The molecular formula is C13H14O5. The van der Waals surface area contributed by atoms with Gasteiger partial charge in [0, 0.05) is 5.56 Å². The molecule has 0 atom stereocenters. The van der Waals surface area contributed by atoms with Gasteiger partial charge < -0.3 is 14.6 Å². The number of ether oxygens (including phenoxy) is 2. The largest absolute Gasteiger partial charge is 0.492 e. The van der Waals surface area contributed by atoms with Crippen LogP contribution in [0, 0.1) is 0 Å². The van der Waals surface area contributed by atoms with E-state index >= 15 is 0 Å². The van der Waals surface area contributed by atoms with E-state index in [4.69, 9.17) is 14.6 Å². The predicted molar refractivity (Wildman–Crippen MR) is 65.8 cm³/mol. The fourth-order valence-corrected chi connectivity index (χ4v) is 1.39. The van der Waals surface area contributed by atoms with Crippen LogP contribution in [0.5, 0.6) is 11.5 Å². The summed E-state index contributed by atoms with van der Waals surface area (Å²) in [6, 6.07) is 5.17. The Labute approximate surface area is 105 Å². The van der Waals surface area contributed by atoms with Gasteiger partial charge in [-0.15, -0.1) is 0 Å². The molecule has 1 aromatic carbocycles. The fraction of sp³-hybridized carbons (Fsp3) is 0.231. The van der Waals surface area contributed by atoms with Crippen molar-refractivity contribution in [1.29, 1.82) is 0 Å². The van der Waals surface area contributed by atoms with Crippen molar-refractivity contribution in [2.24, 2.45) is 0 Å². The number of benzene rings is 1. The molecule has 0 radical (unpaired) electrons. The molecule has 96 valence electrons. The Balaban J connectivity index is 3.05. The van der Waals surface area contributed by atoms with E-state index in [-0.39, 0.29) is 0 Å². The lowest BCUT2D eigenvalue weighted by atomic mass is 10.1. The minimum Gasteiger partial charge on any atom is -0.492 e. The Hall–Kier alpha value is -2.30. The van der Waals surface area contributed by atoms with E-state index < -0.39 is 11.8 Å². The van der Waals surface area contributed by atoms with Crippen molar-refractivity contribution in [2.75, 3.05) is 13.7 Å². The van der Waals surface area contributed by atoms with Crippen molar-refractivity contribution in [3.63, 3.8) is 0 Å². The lowest BCUT2D eigenvalue weighted by Gasteiger charge is -2.11. The van der Waals surface area contributed by atoms with E-state index in [1.807, 2.05) is 6.92 Å². The molecule has 0 saturated heterocycles. The first-order chi connectivity index (χ1) is 8.60. The van der Waals surface area contributed by atoms with Crippen LogP contribution >= 0.6 is 0 Å². The van der Waals surface area contributed by atoms with Gasteiger partial charge in [-0.25, -0.2) is 4.79 Å². The van der Waals surface area contributed by atoms with Gasteiger partial charge in [-0.1, -0.05) is 12.1 Å². The zero-order valence-electron chi connectivity index (χ0n) is 10.2. The number of carboxylic acids is 1. The molecule has 0 unspecified atom stereocenters. The van der Waals surface area contributed by atoms with E-state index in [0.717, 1.165) is 6.08 Å². The summed E-state index contributed by atoms with van der Waals surface area (Å²) in [4.78, 5) is 21.4. The number of aliphatic carboxylic acids is 1. The number of hydrogen-bond acceptors (Lipinski definition) is 4. The molecular weight excluding hydrogens is 236 g/mol. The molecule has 1 aromatic rings. The van der Waals surface area contributed by atoms with Crippen molar-refractivity contribution in [3.05, 3.63) is 29.8 Å². The maximum absolute atomic E-state index is 11.0. The maximum atomic E-state index is 11.0. The van der Waals surface area contributed by atoms with Gasteiger partial charge >= 0.3 is 5.97 Å². The molecule has 0 aliphatic rings. The molecule has 0 saturated carbocycles. The molecule has 0 spiro atoms. The average Bonchev–Trinajstić information content (AvgIpc) is 2.36. The van der Waals surface area contributed by atoms with Gasteiger partial charge in [0.1, 0.15) is 0 Å². The number of para-hydroxylation sites is 1. The van der Waals surface area contributed by atoms with Crippen molar-refractivity contribution >= 4 is 17.8 Å². The smallest absolute Gasteiger partial charge is 0.376 e. The SMILES string of the molecule is CCOc1cccc(/C=C/C(=O)C(=O)O)c1OC. The number of carboxylic acid groups (broad SMARTS) is 1. The third-order valence-corrected chi connectivity index (χ3v) is 2.14. The molecule has 5 heteroatoms. The van der Waals surface area contributed by atoms with Gasteiger partial charge in [-0.2, -0.15) is 0 Å². The highest BCUT2D eigenvalue weighted by Gasteiger charge is 2.10. The number of hydrogen-bond donors (Lipinski definition) is 1. The molecule has 0 heterocycles. The second kappa shape index (κ2) is 6.44. The zero-order valence-corrected chi connectivity index (χ0v) is 10.2. The van der Waals surface area contributed by atoms with Crippen LogP contribution in [0.25, 0.3) is 6.08 Å². The molecule has 0 aliphatic carbocycles. The highest BCUT2D eigenvalue weighted by Crippen LogP contribution is 2.31. The molecule has 0 aliphatic heterocycles. The minimum absolute atomic E-state index is 0.466. The van der Waals surface area contributed by atoms with E-state index in [2.05, 4.69) is 0 Å². The highest BCUT2D eigenvalue weighted by molar-refractivity contribution is 6.38. The summed E-state index contributed by atoms with van der Waals surface area (Å²) >= 11 is 0. The summed E-state index contributed by atoms with van der Waals surface area (Å²) < 4.78 is 10.5. The van der Waals surface area contributed by atoms with Gasteiger partial charge in [0.2, 0.25) is 0 Å². The summed E-state index contributed by atoms with van der Waals surface area (Å²) in [5.74, 6) is -1.47. The fourth-order valence-electron chi connectivity index (χ4n) is 1.39. The number of carbonyl (C=O) groups is 2. The molecule has 0 fully saturated rings. The molecule has 1 rings (SSSR count). The Kier molecular flexibility index (Phi) is 4.92. The number of rotatable bonds is 6. The maximum Gasteiger partial charge on any atom is 0.376 e. The van der Waals surface area contributed by atoms with Gasteiger partial charge in [0.05, 0.1) is 13.7 Å². The van der Waals surface area contributed by atoms with E-state index in [1.54, 1.807) is 18.2 Å². The lowest BCUT2D eigenvalue weighted by molar-refractivity contribution is -0.146. The Morgan fingerprint density at radius 1 is 1.39 bits per heavy atom. The lowest BCUT2D eigenvalue weighted by Crippen LogP contribution is -2.08. The monoisotopic (exact) mass is 250 g/mol. The molecule has 0 amide bonds. The Morgan fingerprint density at radius 2 is 2.11 bits per heavy atom. The minimum atomic E-state index is -1.49. The summed E-state index contributed by atoms with van der Waals surface area (Å²) in [5.41, 5.74) is 0.582. The van der Waals surface area contributed by atoms with Gasteiger partial charge in [-0.3, -0.25) is 4.79 Å². The number of carbonyl (C=O) groups excluding carboxylic acids is 1. The summed E-state index contributed by atoms with van der Waals surface area (Å²) in [5, 5.41) is 8.47. The first kappa shape index (κ1) is 13.8. The van der Waals surface area contributed by atoms with Crippen LogP contribution in [0.15, 0.2) is 24.3 Å². The molecule has 1 N–H and O–H groups in total. The molecule has 5 nitrogen and oxygen atoms in total. The Morgan fingerprint density at radius 3 is 2.67 bits per heavy atom. The van der Waals surface area contributed by atoms with Crippen molar-refractivity contribution in [2.45, 2.75) is 6.92 Å². The second-order valence-corrected chi connectivity index (χ2v) is 3.31. The van der Waals surface area contributed by atoms with Crippen molar-refractivity contribution < 1.29 is 24.2 Å². The van der Waals surface area contributed by atoms with Crippen LogP contribution < -0.4 is 9.47 Å². The van der Waals surface area contributed by atoms with Crippen LogP contribution in [-0.4, -0.2) is 30.6 Å². The van der Waals surface area contributed by atoms with Gasteiger partial charge in [0.15, 0.2) is 11.5 Å². The Bertz CT molecular complexity index is 476. The summed E-state index contributed by atoms with van der Waals surface area (Å²) in [6.07, 6.45) is 2.37. The summed E-state index contributed by atoms with van der Waals surface area (Å²) in [6.45, 7) is 2.33. The first-order valence-electron chi connectivity index (χ1n) is 5.35. The third-order valence-electron chi connectivity index (χ3n) is 2.14. The van der Waals surface area contributed by atoms with E-state index in [1.165, 1.54) is 13.2 Å². The number of methoxy groups -OCH3 is 1. The highest BCUT2D eigenvalue weighted by atomic mass is 16.5. The van der Waals surface area contributed by atoms with Crippen LogP contribution in [0.4, 0.5) is 0 Å². The van der Waals surface area contributed by atoms with Crippen LogP contribution in [0.1, 0.15) is 12.5 Å². The van der Waals surface area contributed by atoms with Crippen LogP contribution in [-0.2, 0) is 9.59 Å². The summed E-state index contributed by atoms with van der Waals surface area (Å²) in [7, 11) is 1.48.